The molecule has 1 saturated heterocycles. The Hall–Kier alpha value is -1.53. The van der Waals surface area contributed by atoms with Gasteiger partial charge in [-0.25, -0.2) is 8.78 Å². The molecule has 1 atom stereocenters. The van der Waals surface area contributed by atoms with Gasteiger partial charge in [0, 0.05) is 18.3 Å². The number of halogens is 2. The first-order chi connectivity index (χ1) is 8.15. The molecule has 0 saturated carbocycles. The lowest BCUT2D eigenvalue weighted by molar-refractivity contribution is -0.120. The van der Waals surface area contributed by atoms with Crippen molar-refractivity contribution in [3.8, 4) is 0 Å². The van der Waals surface area contributed by atoms with Crippen LogP contribution in [0.4, 0.5) is 14.5 Å². The zero-order chi connectivity index (χ0) is 12.3. The zero-order valence-electron chi connectivity index (χ0n) is 9.00. The van der Waals surface area contributed by atoms with Crippen molar-refractivity contribution < 1.29 is 18.3 Å². The number of benzene rings is 1. The van der Waals surface area contributed by atoms with Gasteiger partial charge in [-0.15, -0.1) is 0 Å². The van der Waals surface area contributed by atoms with Crippen molar-refractivity contribution in [2.45, 2.75) is 6.04 Å². The zero-order valence-corrected chi connectivity index (χ0v) is 9.00. The van der Waals surface area contributed by atoms with Crippen LogP contribution in [0.25, 0.3) is 0 Å². The molecule has 6 heteroatoms. The van der Waals surface area contributed by atoms with Crippen LogP contribution in [0.5, 0.6) is 0 Å². The number of morpholine rings is 1. The van der Waals surface area contributed by atoms with E-state index in [0.717, 1.165) is 18.2 Å². The van der Waals surface area contributed by atoms with Gasteiger partial charge in [-0.1, -0.05) is 0 Å². The van der Waals surface area contributed by atoms with Crippen molar-refractivity contribution in [2.75, 3.05) is 25.1 Å². The number of rotatable bonds is 2. The predicted octanol–water partition coefficient (Wildman–Crippen LogP) is 0.892. The highest BCUT2D eigenvalue weighted by Gasteiger charge is 2.21. The quantitative estimate of drug-likeness (QED) is 0.809. The molecular weight excluding hydrogens is 230 g/mol. The fraction of sp³-hybridized carbons (Fsp3) is 0.364. The fourth-order valence-electron chi connectivity index (χ4n) is 1.59. The molecular formula is C11H12F2N2O2. The standard InChI is InChI=1S/C11H12F2N2O2/c12-7-3-8(13)5-9(4-7)15-11(16)10-6-17-2-1-14-10/h3-5,10,14H,1-2,6H2,(H,15,16). The van der Waals surface area contributed by atoms with Crippen molar-refractivity contribution in [1.82, 2.24) is 5.32 Å². The Morgan fingerprint density at radius 2 is 2.06 bits per heavy atom. The third kappa shape index (κ3) is 3.21. The van der Waals surface area contributed by atoms with E-state index < -0.39 is 17.7 Å². The van der Waals surface area contributed by atoms with Gasteiger partial charge < -0.3 is 15.4 Å². The molecule has 2 N–H and O–H groups in total. The maximum Gasteiger partial charge on any atom is 0.243 e. The maximum atomic E-state index is 12.9. The average molecular weight is 242 g/mol. The number of amides is 1. The highest BCUT2D eigenvalue weighted by Crippen LogP contribution is 2.13. The van der Waals surface area contributed by atoms with Crippen LogP contribution in [-0.4, -0.2) is 31.7 Å². The number of hydrogen-bond acceptors (Lipinski definition) is 3. The first-order valence-corrected chi connectivity index (χ1v) is 5.23. The molecule has 0 aromatic heterocycles. The molecule has 1 aromatic rings. The van der Waals surface area contributed by atoms with Gasteiger partial charge in [-0.2, -0.15) is 0 Å². The Labute approximate surface area is 97.0 Å². The van der Waals surface area contributed by atoms with Gasteiger partial charge in [0.1, 0.15) is 17.7 Å². The van der Waals surface area contributed by atoms with Crippen molar-refractivity contribution in [3.05, 3.63) is 29.8 Å². The molecule has 4 nitrogen and oxygen atoms in total. The summed E-state index contributed by atoms with van der Waals surface area (Å²) in [4.78, 5) is 11.7. The normalized spacial score (nSPS) is 20.0. The SMILES string of the molecule is O=C(Nc1cc(F)cc(F)c1)C1COCCN1. The van der Waals surface area contributed by atoms with Crippen LogP contribution in [0.2, 0.25) is 0 Å². The number of ether oxygens (including phenoxy) is 1. The van der Waals surface area contributed by atoms with E-state index in [-0.39, 0.29) is 18.2 Å². The number of anilines is 1. The molecule has 1 amide bonds. The molecule has 1 unspecified atom stereocenters. The van der Waals surface area contributed by atoms with E-state index in [1.807, 2.05) is 0 Å². The molecule has 1 aromatic carbocycles. The van der Waals surface area contributed by atoms with Gasteiger partial charge in [-0.3, -0.25) is 4.79 Å². The van der Waals surface area contributed by atoms with E-state index >= 15 is 0 Å². The van der Waals surface area contributed by atoms with E-state index in [9.17, 15) is 13.6 Å². The molecule has 92 valence electrons. The van der Waals surface area contributed by atoms with Crippen molar-refractivity contribution >= 4 is 11.6 Å². The monoisotopic (exact) mass is 242 g/mol. The summed E-state index contributed by atoms with van der Waals surface area (Å²) < 4.78 is 30.9. The number of carbonyl (C=O) groups excluding carboxylic acids is 1. The summed E-state index contributed by atoms with van der Waals surface area (Å²) >= 11 is 0. The van der Waals surface area contributed by atoms with Crippen LogP contribution in [0, 0.1) is 11.6 Å². The highest BCUT2D eigenvalue weighted by molar-refractivity contribution is 5.95. The van der Waals surface area contributed by atoms with Gasteiger partial charge in [0.05, 0.1) is 13.2 Å². The van der Waals surface area contributed by atoms with Crippen LogP contribution in [0.15, 0.2) is 18.2 Å². The average Bonchev–Trinajstić information content (AvgIpc) is 2.28. The second kappa shape index (κ2) is 5.20. The second-order valence-corrected chi connectivity index (χ2v) is 3.73. The third-order valence-electron chi connectivity index (χ3n) is 2.37. The van der Waals surface area contributed by atoms with Crippen LogP contribution in [0.3, 0.4) is 0 Å². The molecule has 1 aliphatic rings. The number of hydrogen-bond donors (Lipinski definition) is 2. The van der Waals surface area contributed by atoms with Gasteiger partial charge in [0.25, 0.3) is 0 Å². The van der Waals surface area contributed by atoms with E-state index in [2.05, 4.69) is 10.6 Å². The van der Waals surface area contributed by atoms with E-state index in [1.165, 1.54) is 0 Å². The molecule has 17 heavy (non-hydrogen) atoms. The van der Waals surface area contributed by atoms with Crippen LogP contribution < -0.4 is 10.6 Å². The summed E-state index contributed by atoms with van der Waals surface area (Å²) in [5.41, 5.74) is 0.0971. The van der Waals surface area contributed by atoms with E-state index in [4.69, 9.17) is 4.74 Å². The Balaban J connectivity index is 2.01. The van der Waals surface area contributed by atoms with Crippen LogP contribution in [-0.2, 0) is 9.53 Å². The maximum absolute atomic E-state index is 12.9. The number of carbonyl (C=O) groups is 1. The lowest BCUT2D eigenvalue weighted by atomic mass is 10.2. The molecule has 1 heterocycles. The Morgan fingerprint density at radius 1 is 1.35 bits per heavy atom. The topological polar surface area (TPSA) is 50.4 Å². The minimum Gasteiger partial charge on any atom is -0.378 e. The Bertz CT molecular complexity index is 400. The molecule has 0 aliphatic carbocycles. The van der Waals surface area contributed by atoms with Crippen molar-refractivity contribution in [3.63, 3.8) is 0 Å². The fourth-order valence-corrected chi connectivity index (χ4v) is 1.59. The molecule has 0 bridgehead atoms. The third-order valence-corrected chi connectivity index (χ3v) is 2.37. The van der Waals surface area contributed by atoms with E-state index in [1.54, 1.807) is 0 Å². The molecule has 1 fully saturated rings. The predicted molar refractivity (Wildman–Crippen MR) is 57.6 cm³/mol. The molecule has 1 aliphatic heterocycles. The van der Waals surface area contributed by atoms with Gasteiger partial charge in [0.2, 0.25) is 5.91 Å². The van der Waals surface area contributed by atoms with Crippen LogP contribution in [0.1, 0.15) is 0 Å². The van der Waals surface area contributed by atoms with Crippen molar-refractivity contribution in [2.24, 2.45) is 0 Å². The molecule has 2 rings (SSSR count). The number of nitrogens with one attached hydrogen (secondary N) is 2. The Kier molecular flexibility index (Phi) is 3.65. The summed E-state index contributed by atoms with van der Waals surface area (Å²) in [6.45, 7) is 1.39. The first-order valence-electron chi connectivity index (χ1n) is 5.23. The first kappa shape index (κ1) is 11.9. The largest absolute Gasteiger partial charge is 0.378 e. The molecule has 0 spiro atoms. The van der Waals surface area contributed by atoms with Crippen molar-refractivity contribution in [1.29, 1.82) is 0 Å². The van der Waals surface area contributed by atoms with E-state index in [0.29, 0.717) is 13.2 Å². The summed E-state index contributed by atoms with van der Waals surface area (Å²) in [7, 11) is 0. The highest BCUT2D eigenvalue weighted by atomic mass is 19.1. The lowest BCUT2D eigenvalue weighted by Crippen LogP contribution is -2.48. The summed E-state index contributed by atoms with van der Waals surface area (Å²) in [6, 6.07) is 2.38. The van der Waals surface area contributed by atoms with Gasteiger partial charge in [0.15, 0.2) is 0 Å². The summed E-state index contributed by atoms with van der Waals surface area (Å²) in [5.74, 6) is -1.82. The second-order valence-electron chi connectivity index (χ2n) is 3.73. The van der Waals surface area contributed by atoms with Crippen LogP contribution >= 0.6 is 0 Å². The Morgan fingerprint density at radius 3 is 2.65 bits per heavy atom. The van der Waals surface area contributed by atoms with Gasteiger partial charge in [-0.05, 0) is 12.1 Å². The molecule has 0 radical (unpaired) electrons. The summed E-state index contributed by atoms with van der Waals surface area (Å²) in [6.07, 6.45) is 0. The minimum atomic E-state index is -0.729. The summed E-state index contributed by atoms with van der Waals surface area (Å²) in [5, 5.41) is 5.38. The lowest BCUT2D eigenvalue weighted by Gasteiger charge is -2.22. The smallest absolute Gasteiger partial charge is 0.243 e. The minimum absolute atomic E-state index is 0.0971. The van der Waals surface area contributed by atoms with Gasteiger partial charge >= 0.3 is 0 Å².